The lowest BCUT2D eigenvalue weighted by Crippen LogP contribution is -2.28. The molecule has 1 aromatic rings. The summed E-state index contributed by atoms with van der Waals surface area (Å²) in [6.45, 7) is 1.10. The van der Waals surface area contributed by atoms with Gasteiger partial charge < -0.3 is 14.7 Å². The van der Waals surface area contributed by atoms with E-state index in [9.17, 15) is 9.90 Å². The minimum Gasteiger partial charge on any atom is -0.496 e. The number of likely N-dealkylation sites (tertiary alicyclic amines) is 1. The van der Waals surface area contributed by atoms with Crippen molar-refractivity contribution in [2.45, 2.75) is 18.9 Å². The van der Waals surface area contributed by atoms with Crippen molar-refractivity contribution >= 4 is 21.8 Å². The molecule has 1 amide bonds. The molecule has 1 aliphatic rings. The van der Waals surface area contributed by atoms with Gasteiger partial charge in [0.05, 0.1) is 24.1 Å². The van der Waals surface area contributed by atoms with E-state index in [2.05, 4.69) is 15.9 Å². The minimum absolute atomic E-state index is 0.0371. The highest BCUT2D eigenvalue weighted by atomic mass is 79.9. The van der Waals surface area contributed by atoms with Crippen LogP contribution in [0.3, 0.4) is 0 Å². The predicted molar refractivity (Wildman–Crippen MR) is 71.6 cm³/mol. The molecular weight excluding hydrogens is 298 g/mol. The number of hydrogen-bond acceptors (Lipinski definition) is 3. The zero-order valence-corrected chi connectivity index (χ0v) is 11.8. The summed E-state index contributed by atoms with van der Waals surface area (Å²) in [5.74, 6) is 0.835. The quantitative estimate of drug-likeness (QED) is 0.918. The molecule has 0 spiro atoms. The van der Waals surface area contributed by atoms with Gasteiger partial charge in [-0.3, -0.25) is 4.79 Å². The molecule has 1 atom stereocenters. The van der Waals surface area contributed by atoms with Gasteiger partial charge in [-0.1, -0.05) is 6.07 Å². The fraction of sp³-hybridized carbons (Fsp3) is 0.462. The summed E-state index contributed by atoms with van der Waals surface area (Å²) < 4.78 is 6.08. The van der Waals surface area contributed by atoms with Gasteiger partial charge in [0.1, 0.15) is 5.75 Å². The van der Waals surface area contributed by atoms with Crippen molar-refractivity contribution in [3.05, 3.63) is 28.2 Å². The number of aliphatic hydroxyl groups excluding tert-OH is 1. The molecule has 0 bridgehead atoms. The van der Waals surface area contributed by atoms with E-state index in [1.165, 1.54) is 0 Å². The van der Waals surface area contributed by atoms with Gasteiger partial charge in [0.15, 0.2) is 0 Å². The lowest BCUT2D eigenvalue weighted by atomic mass is 10.1. The Morgan fingerprint density at radius 3 is 2.89 bits per heavy atom. The largest absolute Gasteiger partial charge is 0.496 e. The topological polar surface area (TPSA) is 49.8 Å². The Bertz CT molecular complexity index is 450. The van der Waals surface area contributed by atoms with Gasteiger partial charge in [-0.05, 0) is 40.0 Å². The second-order valence-electron chi connectivity index (χ2n) is 4.42. The van der Waals surface area contributed by atoms with Crippen molar-refractivity contribution in [3.63, 3.8) is 0 Å². The molecule has 1 saturated heterocycles. The average Bonchev–Trinajstić information content (AvgIpc) is 2.65. The number of benzene rings is 1. The molecule has 1 unspecified atom stereocenters. The van der Waals surface area contributed by atoms with E-state index in [-0.39, 0.29) is 12.3 Å². The molecule has 18 heavy (non-hydrogen) atoms. The van der Waals surface area contributed by atoms with Gasteiger partial charge in [0.25, 0.3) is 0 Å². The van der Waals surface area contributed by atoms with Crippen LogP contribution in [0.2, 0.25) is 0 Å². The summed E-state index contributed by atoms with van der Waals surface area (Å²) >= 11 is 3.44. The molecule has 2 rings (SSSR count). The molecule has 1 aromatic carbocycles. The summed E-state index contributed by atoms with van der Waals surface area (Å²) in [4.78, 5) is 13.2. The monoisotopic (exact) mass is 313 g/mol. The fourth-order valence-corrected chi connectivity index (χ4v) is 2.68. The molecule has 1 heterocycles. The van der Waals surface area contributed by atoms with E-state index in [0.29, 0.717) is 13.1 Å². The molecule has 5 heteroatoms. The Kier molecular flexibility index (Phi) is 4.24. The smallest absolute Gasteiger partial charge is 0.225 e. The van der Waals surface area contributed by atoms with Crippen LogP contribution in [0.4, 0.5) is 0 Å². The van der Waals surface area contributed by atoms with Gasteiger partial charge in [0.2, 0.25) is 5.91 Å². The predicted octanol–water partition coefficient (Wildman–Crippen LogP) is 1.59. The van der Waals surface area contributed by atoms with Gasteiger partial charge in [0, 0.05) is 13.1 Å². The molecule has 1 aliphatic heterocycles. The molecule has 98 valence electrons. The molecule has 1 N–H and O–H groups in total. The summed E-state index contributed by atoms with van der Waals surface area (Å²) in [6.07, 6.45) is 0.535. The fourth-order valence-electron chi connectivity index (χ4n) is 2.10. The van der Waals surface area contributed by atoms with Crippen molar-refractivity contribution in [2.75, 3.05) is 20.2 Å². The Morgan fingerprint density at radius 1 is 1.56 bits per heavy atom. The number of carbonyl (C=O) groups excluding carboxylic acids is 1. The van der Waals surface area contributed by atoms with Gasteiger partial charge in [-0.25, -0.2) is 0 Å². The van der Waals surface area contributed by atoms with Gasteiger partial charge in [-0.2, -0.15) is 0 Å². The molecule has 0 saturated carbocycles. The lowest BCUT2D eigenvalue weighted by Gasteiger charge is -2.15. The van der Waals surface area contributed by atoms with Gasteiger partial charge in [-0.15, -0.1) is 0 Å². The summed E-state index contributed by atoms with van der Waals surface area (Å²) in [7, 11) is 1.63. The van der Waals surface area contributed by atoms with Crippen LogP contribution in [0.15, 0.2) is 22.7 Å². The van der Waals surface area contributed by atoms with Crippen molar-refractivity contribution in [3.8, 4) is 5.75 Å². The first-order valence-electron chi connectivity index (χ1n) is 5.88. The lowest BCUT2D eigenvalue weighted by molar-refractivity contribution is -0.127. The van der Waals surface area contributed by atoms with E-state index in [0.717, 1.165) is 22.2 Å². The van der Waals surface area contributed by atoms with Gasteiger partial charge >= 0.3 is 0 Å². The SMILES string of the molecule is COc1ccc(CCN2CC(O)CC2=O)cc1Br. The van der Waals surface area contributed by atoms with Crippen molar-refractivity contribution in [1.82, 2.24) is 4.90 Å². The third-order valence-corrected chi connectivity index (χ3v) is 3.70. The Hall–Kier alpha value is -1.07. The van der Waals surface area contributed by atoms with Crippen LogP contribution in [0, 0.1) is 0 Å². The number of β-amino-alcohol motifs (C(OH)–C–C–N with tert-alkyl or cyclic N) is 1. The van der Waals surface area contributed by atoms with Crippen molar-refractivity contribution < 1.29 is 14.6 Å². The van der Waals surface area contributed by atoms with Crippen LogP contribution < -0.4 is 4.74 Å². The van der Waals surface area contributed by atoms with E-state index >= 15 is 0 Å². The normalized spacial score (nSPS) is 19.4. The first-order chi connectivity index (χ1) is 8.60. The number of ether oxygens (including phenoxy) is 1. The number of carbonyl (C=O) groups is 1. The number of methoxy groups -OCH3 is 1. The second-order valence-corrected chi connectivity index (χ2v) is 5.27. The molecule has 4 nitrogen and oxygen atoms in total. The molecule has 0 aromatic heterocycles. The van der Waals surface area contributed by atoms with Crippen molar-refractivity contribution in [1.29, 1.82) is 0 Å². The number of rotatable bonds is 4. The molecule has 0 aliphatic carbocycles. The Balaban J connectivity index is 1.94. The summed E-state index contributed by atoms with van der Waals surface area (Å²) in [5.41, 5.74) is 1.14. The number of hydrogen-bond donors (Lipinski definition) is 1. The third kappa shape index (κ3) is 3.03. The Morgan fingerprint density at radius 2 is 2.33 bits per heavy atom. The number of aliphatic hydroxyl groups is 1. The van der Waals surface area contributed by atoms with Crippen LogP contribution in [0.5, 0.6) is 5.75 Å². The maximum absolute atomic E-state index is 11.5. The Labute approximate surface area is 115 Å². The zero-order valence-electron chi connectivity index (χ0n) is 10.2. The first-order valence-corrected chi connectivity index (χ1v) is 6.67. The molecule has 0 radical (unpaired) electrons. The minimum atomic E-state index is -0.500. The number of halogens is 1. The highest BCUT2D eigenvalue weighted by Crippen LogP contribution is 2.25. The van der Waals surface area contributed by atoms with Crippen molar-refractivity contribution in [2.24, 2.45) is 0 Å². The third-order valence-electron chi connectivity index (χ3n) is 3.08. The van der Waals surface area contributed by atoms with Crippen LogP contribution >= 0.6 is 15.9 Å². The first kappa shape index (κ1) is 13.4. The van der Waals surface area contributed by atoms with Crippen LogP contribution in [-0.4, -0.2) is 42.2 Å². The molecular formula is C13H16BrNO3. The summed E-state index contributed by atoms with van der Waals surface area (Å²) in [5, 5.41) is 9.39. The average molecular weight is 314 g/mol. The zero-order chi connectivity index (χ0) is 13.1. The highest BCUT2D eigenvalue weighted by molar-refractivity contribution is 9.10. The van der Waals surface area contributed by atoms with Crippen LogP contribution in [-0.2, 0) is 11.2 Å². The summed E-state index contributed by atoms with van der Waals surface area (Å²) in [6, 6.07) is 5.89. The van der Waals surface area contributed by atoms with E-state index in [4.69, 9.17) is 4.74 Å². The number of amides is 1. The van der Waals surface area contributed by atoms with E-state index in [1.54, 1.807) is 12.0 Å². The maximum Gasteiger partial charge on any atom is 0.225 e. The molecule has 1 fully saturated rings. The number of nitrogens with zero attached hydrogens (tertiary/aromatic N) is 1. The maximum atomic E-state index is 11.5. The van der Waals surface area contributed by atoms with Crippen LogP contribution in [0.1, 0.15) is 12.0 Å². The second kappa shape index (κ2) is 5.71. The van der Waals surface area contributed by atoms with E-state index < -0.39 is 6.10 Å². The van der Waals surface area contributed by atoms with E-state index in [1.807, 2.05) is 18.2 Å². The highest BCUT2D eigenvalue weighted by Gasteiger charge is 2.27. The van der Waals surface area contributed by atoms with Crippen LogP contribution in [0.25, 0.3) is 0 Å². The standard InChI is InChI=1S/C13H16BrNO3/c1-18-12-3-2-9(6-11(12)14)4-5-15-8-10(16)7-13(15)17/h2-3,6,10,16H,4-5,7-8H2,1H3.